The van der Waals surface area contributed by atoms with E-state index in [9.17, 15) is 9.90 Å². The van der Waals surface area contributed by atoms with Crippen LogP contribution in [0.15, 0.2) is 41.0 Å². The Morgan fingerprint density at radius 2 is 1.88 bits per heavy atom. The molecular formula is C20H21NO5. The molecule has 1 N–H and O–H groups in total. The van der Waals surface area contributed by atoms with Crippen LogP contribution in [-0.2, 0) is 6.54 Å². The molecule has 0 aliphatic carbocycles. The van der Waals surface area contributed by atoms with E-state index in [2.05, 4.69) is 0 Å². The Morgan fingerprint density at radius 1 is 1.12 bits per heavy atom. The number of hydrogen-bond acceptors (Lipinski definition) is 6. The maximum atomic E-state index is 13.2. The highest BCUT2D eigenvalue weighted by atomic mass is 16.5. The average molecular weight is 355 g/mol. The van der Waals surface area contributed by atoms with E-state index in [1.54, 1.807) is 37.4 Å². The predicted octanol–water partition coefficient (Wildman–Crippen LogP) is 3.45. The first-order valence-corrected chi connectivity index (χ1v) is 8.09. The van der Waals surface area contributed by atoms with Crippen molar-refractivity contribution in [2.45, 2.75) is 6.54 Å². The number of phenols is 1. The maximum absolute atomic E-state index is 13.2. The van der Waals surface area contributed by atoms with E-state index in [1.807, 2.05) is 19.0 Å². The van der Waals surface area contributed by atoms with Gasteiger partial charge in [-0.25, -0.2) is 0 Å². The summed E-state index contributed by atoms with van der Waals surface area (Å²) in [6, 6.07) is 8.26. The number of nitrogens with zero attached hydrogens (tertiary/aromatic N) is 1. The molecule has 0 fully saturated rings. The van der Waals surface area contributed by atoms with E-state index >= 15 is 0 Å². The third-order valence-electron chi connectivity index (χ3n) is 4.20. The number of carbonyl (C=O) groups excluding carboxylic acids is 1. The van der Waals surface area contributed by atoms with E-state index in [-0.39, 0.29) is 11.5 Å². The maximum Gasteiger partial charge on any atom is 0.200 e. The number of ether oxygens (including phenoxy) is 2. The quantitative estimate of drug-likeness (QED) is 0.683. The molecule has 0 spiro atoms. The fraction of sp³-hybridized carbons (Fsp3) is 0.250. The zero-order chi connectivity index (χ0) is 18.8. The van der Waals surface area contributed by atoms with Crippen LogP contribution in [0.1, 0.15) is 21.5 Å². The van der Waals surface area contributed by atoms with Crippen LogP contribution in [0.3, 0.4) is 0 Å². The number of hydrogen-bond donors (Lipinski definition) is 1. The van der Waals surface area contributed by atoms with E-state index in [1.165, 1.54) is 13.4 Å². The van der Waals surface area contributed by atoms with Gasteiger partial charge in [0.2, 0.25) is 5.78 Å². The van der Waals surface area contributed by atoms with Crippen molar-refractivity contribution in [1.82, 2.24) is 4.90 Å². The SMILES string of the molecule is COc1ccc(C(=O)c2coc3ccc(O)c(CN(C)C)c23)c(OC)c1. The van der Waals surface area contributed by atoms with Crippen molar-refractivity contribution in [1.29, 1.82) is 0 Å². The summed E-state index contributed by atoms with van der Waals surface area (Å²) in [5, 5.41) is 10.9. The van der Waals surface area contributed by atoms with Gasteiger partial charge in [-0.1, -0.05) is 0 Å². The number of furan rings is 1. The fourth-order valence-electron chi connectivity index (χ4n) is 2.96. The van der Waals surface area contributed by atoms with Crippen LogP contribution in [-0.4, -0.2) is 44.1 Å². The Morgan fingerprint density at radius 3 is 2.54 bits per heavy atom. The van der Waals surface area contributed by atoms with Gasteiger partial charge >= 0.3 is 0 Å². The van der Waals surface area contributed by atoms with Crippen molar-refractivity contribution in [2.24, 2.45) is 0 Å². The van der Waals surface area contributed by atoms with Gasteiger partial charge in [0, 0.05) is 23.6 Å². The molecule has 0 aliphatic heterocycles. The normalized spacial score (nSPS) is 11.1. The third kappa shape index (κ3) is 3.11. The monoisotopic (exact) mass is 355 g/mol. The molecule has 0 bridgehead atoms. The number of fused-ring (bicyclic) bond motifs is 1. The molecule has 3 rings (SSSR count). The molecule has 6 heteroatoms. The number of benzene rings is 2. The highest BCUT2D eigenvalue weighted by molar-refractivity contribution is 6.18. The Kier molecular flexibility index (Phi) is 4.86. The highest BCUT2D eigenvalue weighted by Crippen LogP contribution is 2.35. The number of ketones is 1. The Labute approximate surface area is 151 Å². The second-order valence-corrected chi connectivity index (χ2v) is 6.22. The molecule has 6 nitrogen and oxygen atoms in total. The van der Waals surface area contributed by atoms with Crippen molar-refractivity contribution in [3.8, 4) is 17.2 Å². The molecule has 0 unspecified atom stereocenters. The van der Waals surface area contributed by atoms with Crippen molar-refractivity contribution >= 4 is 16.8 Å². The van der Waals surface area contributed by atoms with Gasteiger partial charge in [0.15, 0.2) is 0 Å². The van der Waals surface area contributed by atoms with Crippen molar-refractivity contribution < 1.29 is 23.8 Å². The lowest BCUT2D eigenvalue weighted by Gasteiger charge is -2.13. The zero-order valence-corrected chi connectivity index (χ0v) is 15.2. The summed E-state index contributed by atoms with van der Waals surface area (Å²) in [7, 11) is 6.84. The summed E-state index contributed by atoms with van der Waals surface area (Å²) in [6.45, 7) is 0.475. The van der Waals surface area contributed by atoms with Crippen molar-refractivity contribution in [3.05, 3.63) is 53.3 Å². The summed E-state index contributed by atoms with van der Waals surface area (Å²) < 4.78 is 16.1. The summed E-state index contributed by atoms with van der Waals surface area (Å²) in [4.78, 5) is 15.1. The molecule has 2 aromatic carbocycles. The number of rotatable bonds is 6. The van der Waals surface area contributed by atoms with Gasteiger partial charge < -0.3 is 23.9 Å². The zero-order valence-electron chi connectivity index (χ0n) is 15.2. The van der Waals surface area contributed by atoms with E-state index in [0.29, 0.717) is 45.7 Å². The summed E-state index contributed by atoms with van der Waals surface area (Å²) in [6.07, 6.45) is 1.43. The lowest BCUT2D eigenvalue weighted by molar-refractivity contribution is 0.103. The molecule has 136 valence electrons. The summed E-state index contributed by atoms with van der Waals surface area (Å²) in [5.74, 6) is 0.900. The first-order chi connectivity index (χ1) is 12.5. The van der Waals surface area contributed by atoms with Crippen LogP contribution in [0.25, 0.3) is 11.0 Å². The van der Waals surface area contributed by atoms with Crippen molar-refractivity contribution in [3.63, 3.8) is 0 Å². The molecule has 0 atom stereocenters. The first kappa shape index (κ1) is 17.8. The Balaban J connectivity index is 2.17. The number of phenolic OH excluding ortho intramolecular Hbond substituents is 1. The second-order valence-electron chi connectivity index (χ2n) is 6.22. The first-order valence-electron chi connectivity index (χ1n) is 8.09. The van der Waals surface area contributed by atoms with Crippen LogP contribution in [0.2, 0.25) is 0 Å². The number of carbonyl (C=O) groups is 1. The van der Waals surface area contributed by atoms with E-state index in [0.717, 1.165) is 0 Å². The average Bonchev–Trinajstić information content (AvgIpc) is 3.07. The molecule has 3 aromatic rings. The smallest absolute Gasteiger partial charge is 0.200 e. The Hall–Kier alpha value is -2.99. The number of methoxy groups -OCH3 is 2. The van der Waals surface area contributed by atoms with Crippen LogP contribution >= 0.6 is 0 Å². The standard InChI is InChI=1S/C20H21NO5/c1-21(2)10-14-16(22)7-8-17-19(14)15(11-26-17)20(23)13-6-5-12(24-3)9-18(13)25-4/h5-9,11,22H,10H2,1-4H3. The number of aromatic hydroxyl groups is 1. The van der Waals surface area contributed by atoms with Crippen LogP contribution in [0.4, 0.5) is 0 Å². The Bertz CT molecular complexity index is 958. The van der Waals surface area contributed by atoms with Crippen LogP contribution in [0.5, 0.6) is 17.2 Å². The van der Waals surface area contributed by atoms with E-state index in [4.69, 9.17) is 13.9 Å². The van der Waals surface area contributed by atoms with Gasteiger partial charge in [0.05, 0.1) is 25.3 Å². The van der Waals surface area contributed by atoms with Crippen LogP contribution < -0.4 is 9.47 Å². The van der Waals surface area contributed by atoms with Gasteiger partial charge in [-0.05, 0) is 38.4 Å². The molecule has 1 heterocycles. The molecule has 1 aromatic heterocycles. The minimum Gasteiger partial charge on any atom is -0.508 e. The molecule has 0 saturated carbocycles. The van der Waals surface area contributed by atoms with E-state index < -0.39 is 0 Å². The van der Waals surface area contributed by atoms with Gasteiger partial charge in [-0.3, -0.25) is 4.79 Å². The summed E-state index contributed by atoms with van der Waals surface area (Å²) in [5.41, 5.74) is 1.99. The molecule has 0 aliphatic rings. The van der Waals surface area contributed by atoms with Crippen LogP contribution in [0, 0.1) is 0 Å². The fourth-order valence-corrected chi connectivity index (χ4v) is 2.96. The molecule has 0 amide bonds. The summed E-state index contributed by atoms with van der Waals surface area (Å²) >= 11 is 0. The van der Waals surface area contributed by atoms with Gasteiger partial charge in [0.1, 0.15) is 29.1 Å². The molecular weight excluding hydrogens is 334 g/mol. The predicted molar refractivity (Wildman–Crippen MR) is 98.2 cm³/mol. The highest BCUT2D eigenvalue weighted by Gasteiger charge is 2.23. The largest absolute Gasteiger partial charge is 0.508 e. The minimum absolute atomic E-state index is 0.128. The van der Waals surface area contributed by atoms with Gasteiger partial charge in [-0.15, -0.1) is 0 Å². The minimum atomic E-state index is -0.242. The second kappa shape index (κ2) is 7.09. The molecule has 0 radical (unpaired) electrons. The molecule has 26 heavy (non-hydrogen) atoms. The lowest BCUT2D eigenvalue weighted by atomic mass is 9.98. The lowest BCUT2D eigenvalue weighted by Crippen LogP contribution is -2.12. The van der Waals surface area contributed by atoms with Gasteiger partial charge in [-0.2, -0.15) is 0 Å². The molecule has 0 saturated heterocycles. The van der Waals surface area contributed by atoms with Gasteiger partial charge in [0.25, 0.3) is 0 Å². The third-order valence-corrected chi connectivity index (χ3v) is 4.20. The van der Waals surface area contributed by atoms with Crippen molar-refractivity contribution in [2.75, 3.05) is 28.3 Å². The topological polar surface area (TPSA) is 72.1 Å².